The van der Waals surface area contributed by atoms with Crippen LogP contribution >= 0.6 is 11.8 Å². The lowest BCUT2D eigenvalue weighted by molar-refractivity contribution is -0.384. The van der Waals surface area contributed by atoms with Gasteiger partial charge in [-0.3, -0.25) is 24.6 Å². The number of hydrogen-bond donors (Lipinski definition) is 1. The van der Waals surface area contributed by atoms with Crippen LogP contribution in [0.2, 0.25) is 0 Å². The molecule has 8 heteroatoms. The summed E-state index contributed by atoms with van der Waals surface area (Å²) in [6.45, 7) is 2.12. The lowest BCUT2D eigenvalue weighted by Crippen LogP contribution is -2.28. The fourth-order valence-corrected chi connectivity index (χ4v) is 5.02. The number of rotatable bonds is 7. The monoisotopic (exact) mass is 461 g/mol. The third kappa shape index (κ3) is 4.90. The molecule has 1 N–H and O–H groups in total. The average Bonchev–Trinajstić information content (AvgIpc) is 3.21. The molecule has 1 aliphatic rings. The van der Waals surface area contributed by atoms with E-state index in [-0.39, 0.29) is 22.5 Å². The highest BCUT2D eigenvalue weighted by atomic mass is 32.2. The lowest BCUT2D eigenvalue weighted by Gasteiger charge is -2.26. The van der Waals surface area contributed by atoms with Crippen molar-refractivity contribution in [3.8, 4) is 0 Å². The van der Waals surface area contributed by atoms with Crippen molar-refractivity contribution in [2.75, 3.05) is 16.0 Å². The number of nitrogens with one attached hydrogen (secondary N) is 1. The van der Waals surface area contributed by atoms with Gasteiger partial charge in [-0.05, 0) is 41.8 Å². The van der Waals surface area contributed by atoms with Gasteiger partial charge >= 0.3 is 0 Å². The largest absolute Gasteiger partial charge is 0.322 e. The number of nitrogens with zero attached hydrogens (tertiary/aromatic N) is 2. The molecule has 0 bridgehead atoms. The number of carbonyl (C=O) groups excluding carboxylic acids is 2. The van der Waals surface area contributed by atoms with Crippen LogP contribution in [0.3, 0.4) is 0 Å². The number of nitro groups is 1. The van der Waals surface area contributed by atoms with Crippen molar-refractivity contribution < 1.29 is 14.5 Å². The van der Waals surface area contributed by atoms with Crippen LogP contribution < -0.4 is 10.2 Å². The Morgan fingerprint density at radius 1 is 1.12 bits per heavy atom. The Labute approximate surface area is 196 Å². The predicted molar refractivity (Wildman–Crippen MR) is 131 cm³/mol. The van der Waals surface area contributed by atoms with Gasteiger partial charge in [-0.1, -0.05) is 49.7 Å². The lowest BCUT2D eigenvalue weighted by atomic mass is 10.1. The molecule has 1 atom stereocenters. The zero-order valence-electron chi connectivity index (χ0n) is 18.1. The summed E-state index contributed by atoms with van der Waals surface area (Å²) in [6.07, 6.45) is 1.90. The summed E-state index contributed by atoms with van der Waals surface area (Å²) in [5.74, 6) is 0.0692. The molecule has 7 nitrogen and oxygen atoms in total. The van der Waals surface area contributed by atoms with Crippen molar-refractivity contribution in [3.63, 3.8) is 0 Å². The Morgan fingerprint density at radius 2 is 1.88 bits per heavy atom. The summed E-state index contributed by atoms with van der Waals surface area (Å²) < 4.78 is 0. The molecular weight excluding hydrogens is 438 g/mol. The van der Waals surface area contributed by atoms with Gasteiger partial charge in [0.25, 0.3) is 11.6 Å². The number of aryl methyl sites for hydroxylation is 1. The maximum Gasteiger partial charge on any atom is 0.270 e. The highest BCUT2D eigenvalue weighted by molar-refractivity contribution is 8.00. The predicted octanol–water partition coefficient (Wildman–Crippen LogP) is 5.58. The first-order chi connectivity index (χ1) is 16.0. The summed E-state index contributed by atoms with van der Waals surface area (Å²) in [5.41, 5.74) is 3.71. The number of thioether (sulfide) groups is 1. The Kier molecular flexibility index (Phi) is 6.74. The third-order valence-electron chi connectivity index (χ3n) is 5.41. The highest BCUT2D eigenvalue weighted by Crippen LogP contribution is 2.43. The van der Waals surface area contributed by atoms with Gasteiger partial charge in [-0.25, -0.2) is 0 Å². The maximum absolute atomic E-state index is 12.8. The van der Waals surface area contributed by atoms with Crippen LogP contribution in [0.4, 0.5) is 17.1 Å². The van der Waals surface area contributed by atoms with Crippen molar-refractivity contribution in [1.29, 1.82) is 0 Å². The van der Waals surface area contributed by atoms with Gasteiger partial charge in [0.15, 0.2) is 0 Å². The minimum Gasteiger partial charge on any atom is -0.322 e. The molecule has 1 fully saturated rings. The van der Waals surface area contributed by atoms with E-state index in [1.165, 1.54) is 24.3 Å². The maximum atomic E-state index is 12.8. The van der Waals surface area contributed by atoms with Crippen LogP contribution in [0.5, 0.6) is 0 Å². The van der Waals surface area contributed by atoms with E-state index in [0.29, 0.717) is 11.4 Å². The van der Waals surface area contributed by atoms with Crippen molar-refractivity contribution >= 4 is 40.6 Å². The van der Waals surface area contributed by atoms with Crippen LogP contribution in [0.25, 0.3) is 0 Å². The van der Waals surface area contributed by atoms with E-state index in [1.807, 2.05) is 35.2 Å². The van der Waals surface area contributed by atoms with Crippen molar-refractivity contribution in [2.24, 2.45) is 0 Å². The minimum absolute atomic E-state index is 0.0802. The molecule has 0 saturated carbocycles. The minimum atomic E-state index is -0.531. The SMILES string of the molecule is CCCc1ccccc1N1C(=O)CSC1c1ccc(NC(=O)c2cccc([N+](=O)[O-])c2)cc1. The number of nitro benzene ring substituents is 1. The second-order valence-electron chi connectivity index (χ2n) is 7.69. The molecule has 1 heterocycles. The van der Waals surface area contributed by atoms with Crippen molar-refractivity contribution in [3.05, 3.63) is 99.6 Å². The molecule has 0 aliphatic carbocycles. The summed E-state index contributed by atoms with van der Waals surface area (Å²) >= 11 is 1.58. The molecule has 1 aliphatic heterocycles. The number of non-ortho nitro benzene ring substituents is 1. The molecule has 1 saturated heterocycles. The standard InChI is InChI=1S/C25H23N3O4S/c1-2-6-17-7-3-4-10-22(17)27-23(29)16-33-25(27)18-11-13-20(14-12-18)26-24(30)19-8-5-9-21(15-19)28(31)32/h3-5,7-15,25H,2,6,16H2,1H3,(H,26,30). The average molecular weight is 462 g/mol. The Bertz CT molecular complexity index is 1200. The van der Waals surface area contributed by atoms with Gasteiger partial charge in [0.05, 0.1) is 10.7 Å². The van der Waals surface area contributed by atoms with Gasteiger partial charge < -0.3 is 5.32 Å². The van der Waals surface area contributed by atoms with Gasteiger partial charge in [0.1, 0.15) is 5.37 Å². The van der Waals surface area contributed by atoms with E-state index in [1.54, 1.807) is 23.9 Å². The van der Waals surface area contributed by atoms with E-state index in [2.05, 4.69) is 18.3 Å². The normalized spacial score (nSPS) is 15.5. The number of hydrogen-bond acceptors (Lipinski definition) is 5. The molecule has 1 unspecified atom stereocenters. The fraction of sp³-hybridized carbons (Fsp3) is 0.200. The quantitative estimate of drug-likeness (QED) is 0.366. The molecule has 168 valence electrons. The molecule has 0 radical (unpaired) electrons. The number of para-hydroxylation sites is 1. The molecule has 3 aromatic rings. The van der Waals surface area contributed by atoms with E-state index >= 15 is 0 Å². The van der Waals surface area contributed by atoms with Gasteiger partial charge in [-0.15, -0.1) is 11.8 Å². The molecule has 4 rings (SSSR count). The molecular formula is C25H23N3O4S. The Balaban J connectivity index is 1.53. The van der Waals surface area contributed by atoms with Crippen LogP contribution in [0.1, 0.15) is 40.2 Å². The Morgan fingerprint density at radius 3 is 2.61 bits per heavy atom. The van der Waals surface area contributed by atoms with Crippen LogP contribution in [-0.4, -0.2) is 22.5 Å². The number of carbonyl (C=O) groups is 2. The first kappa shape index (κ1) is 22.5. The van der Waals surface area contributed by atoms with Gasteiger partial charge in [-0.2, -0.15) is 0 Å². The summed E-state index contributed by atoms with van der Waals surface area (Å²) in [4.78, 5) is 37.6. The van der Waals surface area contributed by atoms with Gasteiger partial charge in [0, 0.05) is 29.1 Å². The third-order valence-corrected chi connectivity index (χ3v) is 6.62. The second kappa shape index (κ2) is 9.87. The highest BCUT2D eigenvalue weighted by Gasteiger charge is 2.35. The first-order valence-corrected chi connectivity index (χ1v) is 11.7. The van der Waals surface area contributed by atoms with Crippen molar-refractivity contribution in [1.82, 2.24) is 0 Å². The first-order valence-electron chi connectivity index (χ1n) is 10.6. The Hall–Kier alpha value is -3.65. The van der Waals surface area contributed by atoms with E-state index in [9.17, 15) is 19.7 Å². The summed E-state index contributed by atoms with van der Waals surface area (Å²) in [5, 5.41) is 13.6. The molecule has 0 aromatic heterocycles. The molecule has 2 amide bonds. The van der Waals surface area contributed by atoms with E-state index in [0.717, 1.165) is 29.7 Å². The van der Waals surface area contributed by atoms with E-state index in [4.69, 9.17) is 0 Å². The molecule has 3 aromatic carbocycles. The zero-order valence-corrected chi connectivity index (χ0v) is 18.9. The summed E-state index contributed by atoms with van der Waals surface area (Å²) in [7, 11) is 0. The number of anilines is 2. The topological polar surface area (TPSA) is 92.6 Å². The van der Waals surface area contributed by atoms with E-state index < -0.39 is 10.8 Å². The molecule has 33 heavy (non-hydrogen) atoms. The summed E-state index contributed by atoms with van der Waals surface area (Å²) in [6, 6.07) is 21.0. The zero-order chi connectivity index (χ0) is 23.4. The number of benzene rings is 3. The number of amides is 2. The smallest absolute Gasteiger partial charge is 0.270 e. The van der Waals surface area contributed by atoms with Gasteiger partial charge in [0.2, 0.25) is 5.91 Å². The van der Waals surface area contributed by atoms with Crippen LogP contribution in [0, 0.1) is 10.1 Å². The molecule has 0 spiro atoms. The van der Waals surface area contributed by atoms with Crippen LogP contribution in [-0.2, 0) is 11.2 Å². The van der Waals surface area contributed by atoms with Crippen LogP contribution in [0.15, 0.2) is 72.8 Å². The second-order valence-corrected chi connectivity index (χ2v) is 8.76. The van der Waals surface area contributed by atoms with Crippen molar-refractivity contribution in [2.45, 2.75) is 25.1 Å². The fourth-order valence-electron chi connectivity index (χ4n) is 3.85.